The molecule has 0 saturated carbocycles. The van der Waals surface area contributed by atoms with Crippen molar-refractivity contribution in [3.8, 4) is 0 Å². The number of H-pyrrole nitrogens is 1. The zero-order valence-electron chi connectivity index (χ0n) is 15.6. The van der Waals surface area contributed by atoms with E-state index < -0.39 is 0 Å². The lowest BCUT2D eigenvalue weighted by molar-refractivity contribution is -0.125. The maximum atomic E-state index is 12.5. The van der Waals surface area contributed by atoms with Crippen molar-refractivity contribution in [3.05, 3.63) is 34.9 Å². The molecule has 1 saturated heterocycles. The average molecular weight is 387 g/mol. The molecule has 1 aromatic carbocycles. The van der Waals surface area contributed by atoms with E-state index in [1.165, 1.54) is 31.3 Å². The van der Waals surface area contributed by atoms with Gasteiger partial charge in [0, 0.05) is 30.6 Å². The molecule has 1 amide bonds. The largest absolute Gasteiger partial charge is 0.356 e. The smallest absolute Gasteiger partial charge is 0.223 e. The molecular formula is C21H27ClN4O. The number of benzene rings is 1. The molecule has 4 rings (SSSR count). The Hall–Kier alpha value is -2.01. The molecule has 144 valence electrons. The standard InChI is InChI=1S/C21H27ClN4O/c22-17-6-7-18-19(14-17)25-21(24-18)26-12-9-16(10-13-26)20(27)23-11-8-15-4-2-1-3-5-15/h4,6-7,14,16H,1-3,5,8-13H2,(H,23,27)(H,24,25). The van der Waals surface area contributed by atoms with Crippen LogP contribution in [0.15, 0.2) is 29.8 Å². The van der Waals surface area contributed by atoms with Gasteiger partial charge in [0.05, 0.1) is 11.0 Å². The third kappa shape index (κ3) is 4.46. The molecule has 2 heterocycles. The van der Waals surface area contributed by atoms with Crippen molar-refractivity contribution >= 4 is 34.5 Å². The van der Waals surface area contributed by atoms with Crippen LogP contribution in [0.5, 0.6) is 0 Å². The topological polar surface area (TPSA) is 61.0 Å². The molecule has 2 aliphatic rings. The number of aromatic nitrogens is 2. The fourth-order valence-electron chi connectivity index (χ4n) is 4.09. The predicted octanol–water partition coefficient (Wildman–Crippen LogP) is 4.44. The minimum Gasteiger partial charge on any atom is -0.356 e. The van der Waals surface area contributed by atoms with Crippen LogP contribution in [0.25, 0.3) is 11.0 Å². The molecule has 1 aliphatic carbocycles. The van der Waals surface area contributed by atoms with Crippen molar-refractivity contribution in [2.75, 3.05) is 24.5 Å². The van der Waals surface area contributed by atoms with Crippen molar-refractivity contribution in [3.63, 3.8) is 0 Å². The number of carbonyl (C=O) groups is 1. The first-order chi connectivity index (χ1) is 13.2. The van der Waals surface area contributed by atoms with Crippen LogP contribution in [-0.4, -0.2) is 35.5 Å². The van der Waals surface area contributed by atoms with Crippen molar-refractivity contribution in [2.45, 2.75) is 44.9 Å². The molecule has 27 heavy (non-hydrogen) atoms. The van der Waals surface area contributed by atoms with Gasteiger partial charge in [0.15, 0.2) is 0 Å². The van der Waals surface area contributed by atoms with Crippen LogP contribution in [0, 0.1) is 5.92 Å². The van der Waals surface area contributed by atoms with Gasteiger partial charge in [-0.25, -0.2) is 4.98 Å². The summed E-state index contributed by atoms with van der Waals surface area (Å²) in [4.78, 5) is 22.7. The van der Waals surface area contributed by atoms with E-state index in [2.05, 4.69) is 26.3 Å². The van der Waals surface area contributed by atoms with Gasteiger partial charge in [-0.05, 0) is 63.1 Å². The number of anilines is 1. The summed E-state index contributed by atoms with van der Waals surface area (Å²) in [5, 5.41) is 3.85. The summed E-state index contributed by atoms with van der Waals surface area (Å²) < 4.78 is 0. The number of rotatable bonds is 5. The highest BCUT2D eigenvalue weighted by Crippen LogP contribution is 2.25. The minimum absolute atomic E-state index is 0.111. The van der Waals surface area contributed by atoms with Gasteiger partial charge in [0.1, 0.15) is 0 Å². The normalized spacial score (nSPS) is 18.6. The Labute approximate surface area is 165 Å². The maximum absolute atomic E-state index is 12.5. The van der Waals surface area contributed by atoms with E-state index in [4.69, 9.17) is 11.6 Å². The summed E-state index contributed by atoms with van der Waals surface area (Å²) in [5.41, 5.74) is 3.39. The van der Waals surface area contributed by atoms with E-state index in [1.54, 1.807) is 0 Å². The predicted molar refractivity (Wildman–Crippen MR) is 110 cm³/mol. The third-order valence-corrected chi connectivity index (χ3v) is 5.96. The van der Waals surface area contributed by atoms with E-state index in [0.717, 1.165) is 55.9 Å². The van der Waals surface area contributed by atoms with E-state index >= 15 is 0 Å². The molecule has 2 N–H and O–H groups in total. The van der Waals surface area contributed by atoms with Gasteiger partial charge in [0.25, 0.3) is 0 Å². The molecule has 0 radical (unpaired) electrons. The van der Waals surface area contributed by atoms with Crippen LogP contribution in [0.1, 0.15) is 44.9 Å². The number of hydrogen-bond acceptors (Lipinski definition) is 3. The molecule has 1 fully saturated rings. The van der Waals surface area contributed by atoms with Crippen molar-refractivity contribution in [2.24, 2.45) is 5.92 Å². The summed E-state index contributed by atoms with van der Waals surface area (Å²) in [5.74, 6) is 1.19. The fraction of sp³-hybridized carbons (Fsp3) is 0.524. The number of piperidine rings is 1. The third-order valence-electron chi connectivity index (χ3n) is 5.73. The molecule has 1 aliphatic heterocycles. The first-order valence-corrected chi connectivity index (χ1v) is 10.4. The Morgan fingerprint density at radius 1 is 1.30 bits per heavy atom. The number of allylic oxidation sites excluding steroid dienone is 1. The number of amides is 1. The molecule has 5 nitrogen and oxygen atoms in total. The fourth-order valence-corrected chi connectivity index (χ4v) is 4.27. The van der Waals surface area contributed by atoms with Crippen LogP contribution < -0.4 is 10.2 Å². The quantitative estimate of drug-likeness (QED) is 0.747. The molecule has 0 spiro atoms. The van der Waals surface area contributed by atoms with Gasteiger partial charge < -0.3 is 15.2 Å². The van der Waals surface area contributed by atoms with Gasteiger partial charge >= 0.3 is 0 Å². The first-order valence-electron chi connectivity index (χ1n) is 10.0. The number of nitrogens with one attached hydrogen (secondary N) is 2. The van der Waals surface area contributed by atoms with E-state index in [9.17, 15) is 4.79 Å². The highest BCUT2D eigenvalue weighted by Gasteiger charge is 2.26. The Balaban J connectivity index is 1.26. The van der Waals surface area contributed by atoms with Crippen LogP contribution in [0.3, 0.4) is 0 Å². The molecule has 0 atom stereocenters. The second kappa shape index (κ2) is 8.34. The number of carbonyl (C=O) groups excluding carboxylic acids is 1. The number of nitrogens with zero attached hydrogens (tertiary/aromatic N) is 2. The van der Waals surface area contributed by atoms with Gasteiger partial charge in [-0.1, -0.05) is 23.3 Å². The highest BCUT2D eigenvalue weighted by atomic mass is 35.5. The number of aromatic amines is 1. The second-order valence-corrected chi connectivity index (χ2v) is 8.07. The summed E-state index contributed by atoms with van der Waals surface area (Å²) >= 11 is 6.05. The van der Waals surface area contributed by atoms with E-state index in [0.29, 0.717) is 5.02 Å². The molecular weight excluding hydrogens is 360 g/mol. The number of fused-ring (bicyclic) bond motifs is 1. The Morgan fingerprint density at radius 3 is 2.93 bits per heavy atom. The average Bonchev–Trinajstić information content (AvgIpc) is 3.12. The summed E-state index contributed by atoms with van der Waals surface area (Å²) in [7, 11) is 0. The molecule has 2 aromatic rings. The Bertz CT molecular complexity index is 836. The van der Waals surface area contributed by atoms with Crippen LogP contribution in [0.4, 0.5) is 5.95 Å². The molecule has 1 aromatic heterocycles. The molecule has 6 heteroatoms. The van der Waals surface area contributed by atoms with Crippen molar-refractivity contribution in [1.29, 1.82) is 0 Å². The van der Waals surface area contributed by atoms with Gasteiger partial charge in [-0.15, -0.1) is 0 Å². The zero-order valence-corrected chi connectivity index (χ0v) is 16.4. The molecule has 0 bridgehead atoms. The van der Waals surface area contributed by atoms with Crippen LogP contribution in [0.2, 0.25) is 5.02 Å². The van der Waals surface area contributed by atoms with Crippen molar-refractivity contribution in [1.82, 2.24) is 15.3 Å². The van der Waals surface area contributed by atoms with Crippen molar-refractivity contribution < 1.29 is 4.79 Å². The lowest BCUT2D eigenvalue weighted by Gasteiger charge is -2.31. The van der Waals surface area contributed by atoms with Gasteiger partial charge in [-0.2, -0.15) is 0 Å². The Kier molecular flexibility index (Phi) is 5.67. The lowest BCUT2D eigenvalue weighted by atomic mass is 9.95. The zero-order chi connectivity index (χ0) is 18.6. The van der Waals surface area contributed by atoms with Gasteiger partial charge in [0.2, 0.25) is 11.9 Å². The lowest BCUT2D eigenvalue weighted by Crippen LogP contribution is -2.41. The second-order valence-electron chi connectivity index (χ2n) is 7.63. The molecule has 0 unspecified atom stereocenters. The monoisotopic (exact) mass is 386 g/mol. The number of imidazole rings is 1. The summed E-state index contributed by atoms with van der Waals surface area (Å²) in [6.07, 6.45) is 10.1. The maximum Gasteiger partial charge on any atom is 0.223 e. The van der Waals surface area contributed by atoms with E-state index in [-0.39, 0.29) is 11.8 Å². The van der Waals surface area contributed by atoms with E-state index in [1.807, 2.05) is 18.2 Å². The van der Waals surface area contributed by atoms with Crippen LogP contribution >= 0.6 is 11.6 Å². The van der Waals surface area contributed by atoms with Gasteiger partial charge in [-0.3, -0.25) is 4.79 Å². The van der Waals surface area contributed by atoms with Crippen LogP contribution in [-0.2, 0) is 4.79 Å². The summed E-state index contributed by atoms with van der Waals surface area (Å²) in [6, 6.07) is 5.68. The SMILES string of the molecule is O=C(NCCC1=CCCCC1)C1CCN(c2nc3ccc(Cl)cc3[nH]2)CC1. The first kappa shape index (κ1) is 18.4. The minimum atomic E-state index is 0.111. The number of hydrogen-bond donors (Lipinski definition) is 2. The highest BCUT2D eigenvalue weighted by molar-refractivity contribution is 6.31. The Morgan fingerprint density at radius 2 is 2.15 bits per heavy atom. The summed E-state index contributed by atoms with van der Waals surface area (Å²) in [6.45, 7) is 2.46. The number of halogens is 1.